The van der Waals surface area contributed by atoms with Gasteiger partial charge in [-0.05, 0) is 61.5 Å². The molecule has 0 aromatic carbocycles. The Balaban J connectivity index is 1.20. The highest BCUT2D eigenvalue weighted by molar-refractivity contribution is 5.07. The summed E-state index contributed by atoms with van der Waals surface area (Å²) in [5.41, 5.74) is 2.62. The third-order valence-electron chi connectivity index (χ3n) is 5.61. The van der Waals surface area contributed by atoms with Crippen LogP contribution in [0.3, 0.4) is 0 Å². The Bertz CT molecular complexity index is 672. The number of nitrogens with zero attached hydrogens (tertiary/aromatic N) is 3. The van der Waals surface area contributed by atoms with E-state index in [0.29, 0.717) is 18.6 Å². The van der Waals surface area contributed by atoms with Crippen molar-refractivity contribution in [3.63, 3.8) is 0 Å². The molecular formula is C21H27N3O2. The summed E-state index contributed by atoms with van der Waals surface area (Å²) < 4.78 is 11.9. The summed E-state index contributed by atoms with van der Waals surface area (Å²) in [6.07, 6.45) is 9.29. The molecule has 26 heavy (non-hydrogen) atoms. The Hall–Kier alpha value is -1.82. The molecule has 1 spiro atoms. The zero-order valence-corrected chi connectivity index (χ0v) is 15.2. The van der Waals surface area contributed by atoms with Gasteiger partial charge in [0.2, 0.25) is 0 Å². The molecule has 5 heteroatoms. The fraction of sp³-hybridized carbons (Fsp3) is 0.524. The molecule has 2 saturated heterocycles. The van der Waals surface area contributed by atoms with E-state index in [9.17, 15) is 0 Å². The number of ether oxygens (including phenoxy) is 2. The van der Waals surface area contributed by atoms with Gasteiger partial charge in [-0.3, -0.25) is 14.9 Å². The van der Waals surface area contributed by atoms with Gasteiger partial charge in [-0.2, -0.15) is 0 Å². The molecule has 0 N–H and O–H groups in total. The normalized spacial score (nSPS) is 22.7. The van der Waals surface area contributed by atoms with Crippen molar-refractivity contribution in [3.8, 4) is 0 Å². The van der Waals surface area contributed by atoms with Gasteiger partial charge in [0.05, 0.1) is 31.6 Å². The monoisotopic (exact) mass is 353 g/mol. The number of likely N-dealkylation sites (tertiary alicyclic amines) is 1. The second-order valence-electron chi connectivity index (χ2n) is 7.61. The van der Waals surface area contributed by atoms with E-state index >= 15 is 0 Å². The van der Waals surface area contributed by atoms with Gasteiger partial charge in [0.15, 0.2) is 0 Å². The molecule has 4 rings (SSSR count). The zero-order valence-electron chi connectivity index (χ0n) is 15.2. The lowest BCUT2D eigenvalue weighted by atomic mass is 9.76. The smallest absolute Gasteiger partial charge is 0.0815 e. The predicted molar refractivity (Wildman–Crippen MR) is 99.4 cm³/mol. The van der Waals surface area contributed by atoms with Gasteiger partial charge in [-0.1, -0.05) is 12.1 Å². The van der Waals surface area contributed by atoms with E-state index in [4.69, 9.17) is 9.47 Å². The number of rotatable bonds is 6. The van der Waals surface area contributed by atoms with Crippen LogP contribution in [0.25, 0.3) is 0 Å². The topological polar surface area (TPSA) is 47.5 Å². The summed E-state index contributed by atoms with van der Waals surface area (Å²) in [5.74, 6) is 0. The largest absolute Gasteiger partial charge is 0.375 e. The van der Waals surface area contributed by atoms with Crippen LogP contribution in [0.5, 0.6) is 0 Å². The molecule has 5 nitrogen and oxygen atoms in total. The molecule has 2 aromatic rings. The summed E-state index contributed by atoms with van der Waals surface area (Å²) in [6, 6.07) is 10.1. The Morgan fingerprint density at radius 3 is 2.85 bits per heavy atom. The molecule has 2 aliphatic heterocycles. The van der Waals surface area contributed by atoms with Crippen molar-refractivity contribution in [2.45, 2.75) is 38.5 Å². The lowest BCUT2D eigenvalue weighted by Crippen LogP contribution is -2.40. The number of hydrogen-bond donors (Lipinski definition) is 0. The van der Waals surface area contributed by atoms with Gasteiger partial charge in [-0.15, -0.1) is 0 Å². The lowest BCUT2D eigenvalue weighted by molar-refractivity contribution is 0.00626. The maximum Gasteiger partial charge on any atom is 0.0815 e. The first kappa shape index (κ1) is 17.6. The molecule has 0 saturated carbocycles. The Morgan fingerprint density at radius 1 is 1.15 bits per heavy atom. The summed E-state index contributed by atoms with van der Waals surface area (Å²) in [5, 5.41) is 0. The summed E-state index contributed by atoms with van der Waals surface area (Å²) in [6.45, 7) is 5.38. The standard InChI is InChI=1S/C21H27N3O2/c1-2-9-23-19(5-1)14-24-10-6-21(7-11-24)12-20(26-17-21)16-25-15-18-4-3-8-22-13-18/h1-5,8-9,13,20H,6-7,10-12,14-17H2. The quantitative estimate of drug-likeness (QED) is 0.799. The van der Waals surface area contributed by atoms with Gasteiger partial charge >= 0.3 is 0 Å². The van der Waals surface area contributed by atoms with Crippen molar-refractivity contribution in [2.24, 2.45) is 5.41 Å². The summed E-state index contributed by atoms with van der Waals surface area (Å²) in [4.78, 5) is 11.1. The Morgan fingerprint density at radius 2 is 2.08 bits per heavy atom. The van der Waals surface area contributed by atoms with E-state index in [1.54, 1.807) is 6.20 Å². The summed E-state index contributed by atoms with van der Waals surface area (Å²) in [7, 11) is 0. The van der Waals surface area contributed by atoms with Gasteiger partial charge in [0, 0.05) is 25.1 Å². The molecule has 0 aliphatic carbocycles. The minimum Gasteiger partial charge on any atom is -0.375 e. The Kier molecular flexibility index (Phi) is 5.58. The molecule has 1 unspecified atom stereocenters. The van der Waals surface area contributed by atoms with Crippen LogP contribution in [0, 0.1) is 5.41 Å². The van der Waals surface area contributed by atoms with E-state index in [0.717, 1.165) is 43.9 Å². The van der Waals surface area contributed by atoms with Crippen LogP contribution >= 0.6 is 0 Å². The van der Waals surface area contributed by atoms with Gasteiger partial charge in [-0.25, -0.2) is 0 Å². The molecular weight excluding hydrogens is 326 g/mol. The van der Waals surface area contributed by atoms with Crippen LogP contribution in [0.1, 0.15) is 30.5 Å². The van der Waals surface area contributed by atoms with Gasteiger partial charge in [0.1, 0.15) is 0 Å². The van der Waals surface area contributed by atoms with Crippen LogP contribution in [0.4, 0.5) is 0 Å². The molecule has 0 amide bonds. The minimum absolute atomic E-state index is 0.231. The van der Waals surface area contributed by atoms with Gasteiger partial charge in [0.25, 0.3) is 0 Å². The zero-order chi connectivity index (χ0) is 17.7. The van der Waals surface area contributed by atoms with Crippen LogP contribution in [-0.4, -0.2) is 47.3 Å². The third-order valence-corrected chi connectivity index (χ3v) is 5.61. The number of pyridine rings is 2. The van der Waals surface area contributed by atoms with E-state index in [2.05, 4.69) is 27.0 Å². The fourth-order valence-corrected chi connectivity index (χ4v) is 4.05. The highest BCUT2D eigenvalue weighted by atomic mass is 16.5. The van der Waals surface area contributed by atoms with Crippen molar-refractivity contribution >= 4 is 0 Å². The van der Waals surface area contributed by atoms with Crippen LogP contribution in [0.15, 0.2) is 48.9 Å². The molecule has 2 aliphatic rings. The van der Waals surface area contributed by atoms with Crippen molar-refractivity contribution in [1.29, 1.82) is 0 Å². The van der Waals surface area contributed by atoms with Crippen molar-refractivity contribution in [2.75, 3.05) is 26.3 Å². The first-order chi connectivity index (χ1) is 12.8. The molecule has 1 atom stereocenters. The van der Waals surface area contributed by atoms with E-state index in [1.165, 1.54) is 12.8 Å². The third kappa shape index (κ3) is 4.47. The first-order valence-electron chi connectivity index (χ1n) is 9.52. The maximum atomic E-state index is 6.07. The number of aromatic nitrogens is 2. The van der Waals surface area contributed by atoms with Crippen molar-refractivity contribution in [1.82, 2.24) is 14.9 Å². The average Bonchev–Trinajstić information content (AvgIpc) is 3.08. The molecule has 0 radical (unpaired) electrons. The Labute approximate surface area is 155 Å². The molecule has 4 heterocycles. The second-order valence-corrected chi connectivity index (χ2v) is 7.61. The minimum atomic E-state index is 0.231. The highest BCUT2D eigenvalue weighted by Gasteiger charge is 2.42. The first-order valence-corrected chi connectivity index (χ1v) is 9.52. The predicted octanol–water partition coefficient (Wildman–Crippen LogP) is 3.06. The second kappa shape index (κ2) is 8.25. The van der Waals surface area contributed by atoms with Crippen LogP contribution < -0.4 is 0 Å². The number of piperidine rings is 1. The SMILES string of the molecule is c1ccc(CN2CCC3(CC2)COC(COCc2cccnc2)C3)nc1. The van der Waals surface area contributed by atoms with E-state index in [1.807, 2.05) is 30.6 Å². The van der Waals surface area contributed by atoms with Gasteiger partial charge < -0.3 is 9.47 Å². The summed E-state index contributed by atoms with van der Waals surface area (Å²) >= 11 is 0. The maximum absolute atomic E-state index is 6.07. The fourth-order valence-electron chi connectivity index (χ4n) is 4.05. The lowest BCUT2D eigenvalue weighted by Gasteiger charge is -2.38. The van der Waals surface area contributed by atoms with Crippen molar-refractivity contribution in [3.05, 3.63) is 60.2 Å². The average molecular weight is 353 g/mol. The van der Waals surface area contributed by atoms with E-state index in [-0.39, 0.29) is 6.10 Å². The highest BCUT2D eigenvalue weighted by Crippen LogP contribution is 2.42. The van der Waals surface area contributed by atoms with Crippen LogP contribution in [0.2, 0.25) is 0 Å². The molecule has 0 bridgehead atoms. The number of hydrogen-bond acceptors (Lipinski definition) is 5. The van der Waals surface area contributed by atoms with E-state index < -0.39 is 0 Å². The van der Waals surface area contributed by atoms with Crippen molar-refractivity contribution < 1.29 is 9.47 Å². The van der Waals surface area contributed by atoms with Crippen LogP contribution in [-0.2, 0) is 22.6 Å². The molecule has 138 valence electrons. The molecule has 2 aromatic heterocycles. The molecule has 2 fully saturated rings.